The Kier molecular flexibility index (Phi) is 4.85. The van der Waals surface area contributed by atoms with Gasteiger partial charge in [-0.3, -0.25) is 0 Å². The molecule has 1 aliphatic rings. The number of aromatic nitrogens is 2. The third-order valence-corrected chi connectivity index (χ3v) is 5.64. The SMILES string of the molecule is Cn1ccc2cc(Nc3ncc(C4CC4)cc3C(=O)O)cc(CCC(C)(C)C)c21. The number of fused-ring (bicyclic) bond motifs is 1. The summed E-state index contributed by atoms with van der Waals surface area (Å²) in [4.78, 5) is 16.3. The standard InChI is InChI=1S/C24H29N3O2/c1-24(2,3)9-7-16-11-19(12-17-8-10-27(4)21(16)17)26-22-20(23(28)29)13-18(14-25-22)15-5-6-15/h8,10-15H,5-7,9H2,1-4H3,(H,25,26)(H,28,29). The van der Waals surface area contributed by atoms with E-state index in [0.29, 0.717) is 11.7 Å². The summed E-state index contributed by atoms with van der Waals surface area (Å²) in [6.07, 6.45) is 8.16. The molecule has 1 aliphatic carbocycles. The predicted octanol–water partition coefficient (Wildman–Crippen LogP) is 5.87. The van der Waals surface area contributed by atoms with Gasteiger partial charge in [-0.25, -0.2) is 9.78 Å². The fraction of sp³-hybridized carbons (Fsp3) is 0.417. The maximum atomic E-state index is 11.8. The highest BCUT2D eigenvalue weighted by atomic mass is 16.4. The molecule has 0 amide bonds. The van der Waals surface area contributed by atoms with Crippen LogP contribution < -0.4 is 5.32 Å². The maximum absolute atomic E-state index is 11.8. The monoisotopic (exact) mass is 391 g/mol. The van der Waals surface area contributed by atoms with Crippen LogP contribution in [0.15, 0.2) is 36.7 Å². The van der Waals surface area contributed by atoms with Gasteiger partial charge >= 0.3 is 5.97 Å². The van der Waals surface area contributed by atoms with Gasteiger partial charge in [-0.05, 0) is 72.4 Å². The van der Waals surface area contributed by atoms with E-state index < -0.39 is 5.97 Å². The van der Waals surface area contributed by atoms with E-state index in [4.69, 9.17) is 0 Å². The summed E-state index contributed by atoms with van der Waals surface area (Å²) in [6.45, 7) is 6.76. The molecule has 0 saturated heterocycles. The molecular weight excluding hydrogens is 362 g/mol. The van der Waals surface area contributed by atoms with Crippen LogP contribution in [0.1, 0.15) is 67.4 Å². The molecule has 152 valence electrons. The molecule has 3 aromatic rings. The van der Waals surface area contributed by atoms with Crippen molar-refractivity contribution in [3.8, 4) is 0 Å². The van der Waals surface area contributed by atoms with Crippen LogP contribution in [0.2, 0.25) is 0 Å². The van der Waals surface area contributed by atoms with E-state index in [1.54, 1.807) is 6.07 Å². The Morgan fingerprint density at radius 2 is 2.03 bits per heavy atom. The minimum atomic E-state index is -0.948. The topological polar surface area (TPSA) is 67.2 Å². The van der Waals surface area contributed by atoms with Crippen molar-refractivity contribution in [3.05, 3.63) is 53.3 Å². The van der Waals surface area contributed by atoms with Crippen molar-refractivity contribution in [2.45, 2.75) is 52.4 Å². The number of anilines is 2. The summed E-state index contributed by atoms with van der Waals surface area (Å²) in [5.41, 5.74) is 4.88. The molecule has 2 N–H and O–H groups in total. The lowest BCUT2D eigenvalue weighted by molar-refractivity contribution is 0.0697. The van der Waals surface area contributed by atoms with Gasteiger partial charge in [-0.1, -0.05) is 20.8 Å². The van der Waals surface area contributed by atoms with Crippen molar-refractivity contribution in [2.75, 3.05) is 5.32 Å². The first-order valence-corrected chi connectivity index (χ1v) is 10.3. The summed E-state index contributed by atoms with van der Waals surface area (Å²) in [5, 5.41) is 14.1. The Morgan fingerprint density at radius 3 is 2.69 bits per heavy atom. The molecule has 0 spiro atoms. The smallest absolute Gasteiger partial charge is 0.339 e. The molecule has 2 heterocycles. The van der Waals surface area contributed by atoms with Crippen molar-refractivity contribution in [3.63, 3.8) is 0 Å². The zero-order valence-electron chi connectivity index (χ0n) is 17.6. The Hall–Kier alpha value is -2.82. The maximum Gasteiger partial charge on any atom is 0.339 e. The molecule has 1 fully saturated rings. The zero-order valence-corrected chi connectivity index (χ0v) is 17.6. The fourth-order valence-electron chi connectivity index (χ4n) is 3.84. The van der Waals surface area contributed by atoms with Gasteiger partial charge in [0, 0.05) is 30.5 Å². The van der Waals surface area contributed by atoms with Gasteiger partial charge in [0.25, 0.3) is 0 Å². The summed E-state index contributed by atoms with van der Waals surface area (Å²) < 4.78 is 2.16. The van der Waals surface area contributed by atoms with Crippen molar-refractivity contribution >= 4 is 28.4 Å². The third-order valence-electron chi connectivity index (χ3n) is 5.64. The Morgan fingerprint density at radius 1 is 1.28 bits per heavy atom. The highest BCUT2D eigenvalue weighted by Crippen LogP contribution is 2.40. The lowest BCUT2D eigenvalue weighted by Crippen LogP contribution is -2.08. The third kappa shape index (κ3) is 4.29. The molecule has 1 aromatic carbocycles. The molecule has 5 heteroatoms. The van der Waals surface area contributed by atoms with E-state index >= 15 is 0 Å². The van der Waals surface area contributed by atoms with Crippen LogP contribution in [0.5, 0.6) is 0 Å². The Balaban J connectivity index is 1.70. The number of benzene rings is 1. The summed E-state index contributed by atoms with van der Waals surface area (Å²) in [6, 6.07) is 8.08. The largest absolute Gasteiger partial charge is 0.478 e. The number of aromatic carboxylic acids is 1. The van der Waals surface area contributed by atoms with Crippen molar-refractivity contribution in [1.82, 2.24) is 9.55 Å². The number of hydrogen-bond donors (Lipinski definition) is 2. The van der Waals surface area contributed by atoms with Crippen LogP contribution >= 0.6 is 0 Å². The first kappa shape index (κ1) is 19.5. The van der Waals surface area contributed by atoms with E-state index in [9.17, 15) is 9.90 Å². The molecule has 4 rings (SSSR count). The van der Waals surface area contributed by atoms with E-state index in [-0.39, 0.29) is 11.0 Å². The summed E-state index contributed by atoms with van der Waals surface area (Å²) in [7, 11) is 2.07. The number of carboxylic acids is 1. The summed E-state index contributed by atoms with van der Waals surface area (Å²) >= 11 is 0. The minimum Gasteiger partial charge on any atom is -0.478 e. The number of hydrogen-bond acceptors (Lipinski definition) is 3. The minimum absolute atomic E-state index is 0.235. The van der Waals surface area contributed by atoms with Gasteiger partial charge in [-0.2, -0.15) is 0 Å². The van der Waals surface area contributed by atoms with Gasteiger partial charge in [-0.15, -0.1) is 0 Å². The number of pyridine rings is 1. The highest BCUT2D eigenvalue weighted by Gasteiger charge is 2.26. The predicted molar refractivity (Wildman–Crippen MR) is 117 cm³/mol. The van der Waals surface area contributed by atoms with E-state index in [1.807, 2.05) is 6.20 Å². The quantitative estimate of drug-likeness (QED) is 0.551. The molecule has 0 bridgehead atoms. The first-order valence-electron chi connectivity index (χ1n) is 10.3. The van der Waals surface area contributed by atoms with Crippen molar-refractivity contribution in [2.24, 2.45) is 12.5 Å². The molecule has 0 aliphatic heterocycles. The van der Waals surface area contributed by atoms with Gasteiger partial charge < -0.3 is 15.0 Å². The van der Waals surface area contributed by atoms with Gasteiger partial charge in [0.1, 0.15) is 11.4 Å². The molecule has 0 radical (unpaired) electrons. The average Bonchev–Trinajstić information content (AvgIpc) is 3.43. The lowest BCUT2D eigenvalue weighted by Gasteiger charge is -2.19. The van der Waals surface area contributed by atoms with E-state index in [2.05, 4.69) is 67.1 Å². The first-order chi connectivity index (χ1) is 13.7. The number of aryl methyl sites for hydroxylation is 2. The van der Waals surface area contributed by atoms with Crippen molar-refractivity contribution in [1.29, 1.82) is 0 Å². The number of nitrogens with one attached hydrogen (secondary N) is 1. The fourth-order valence-corrected chi connectivity index (χ4v) is 3.84. The number of rotatable bonds is 6. The summed E-state index contributed by atoms with van der Waals surface area (Å²) in [5.74, 6) is -0.0745. The number of carboxylic acid groups (broad SMARTS) is 1. The van der Waals surface area contributed by atoms with Crippen LogP contribution in [0, 0.1) is 5.41 Å². The molecule has 29 heavy (non-hydrogen) atoms. The normalized spacial score (nSPS) is 14.3. The second-order valence-electron chi connectivity index (χ2n) is 9.43. The van der Waals surface area contributed by atoms with Crippen LogP contribution in [0.25, 0.3) is 10.9 Å². The highest BCUT2D eigenvalue weighted by molar-refractivity contribution is 5.95. The van der Waals surface area contributed by atoms with Crippen LogP contribution in [-0.4, -0.2) is 20.6 Å². The number of carbonyl (C=O) groups is 1. The molecular formula is C24H29N3O2. The second-order valence-corrected chi connectivity index (χ2v) is 9.43. The van der Waals surface area contributed by atoms with Gasteiger partial charge in [0.05, 0.1) is 5.52 Å². The van der Waals surface area contributed by atoms with Crippen LogP contribution in [0.4, 0.5) is 11.5 Å². The van der Waals surface area contributed by atoms with Gasteiger partial charge in [0.15, 0.2) is 0 Å². The molecule has 5 nitrogen and oxygen atoms in total. The van der Waals surface area contributed by atoms with E-state index in [1.165, 1.54) is 11.1 Å². The van der Waals surface area contributed by atoms with Crippen LogP contribution in [-0.2, 0) is 13.5 Å². The Bertz CT molecular complexity index is 1070. The van der Waals surface area contributed by atoms with E-state index in [0.717, 1.165) is 42.3 Å². The molecule has 0 atom stereocenters. The molecule has 2 aromatic heterocycles. The Labute approximate surface area is 171 Å². The lowest BCUT2D eigenvalue weighted by atomic mass is 9.88. The zero-order chi connectivity index (χ0) is 20.8. The molecule has 1 saturated carbocycles. The molecule has 0 unspecified atom stereocenters. The van der Waals surface area contributed by atoms with Crippen LogP contribution in [0.3, 0.4) is 0 Å². The average molecular weight is 392 g/mol. The van der Waals surface area contributed by atoms with Crippen molar-refractivity contribution < 1.29 is 9.90 Å². The van der Waals surface area contributed by atoms with Gasteiger partial charge in [0.2, 0.25) is 0 Å². The second kappa shape index (κ2) is 7.21. The number of nitrogens with zero attached hydrogens (tertiary/aromatic N) is 2.